The van der Waals surface area contributed by atoms with Crippen molar-refractivity contribution in [1.82, 2.24) is 4.72 Å². The molecule has 0 atom stereocenters. The van der Waals surface area contributed by atoms with Crippen molar-refractivity contribution in [2.75, 3.05) is 16.2 Å². The van der Waals surface area contributed by atoms with Gasteiger partial charge in [-0.15, -0.1) is 0 Å². The summed E-state index contributed by atoms with van der Waals surface area (Å²) in [5.74, 6) is -0.349. The van der Waals surface area contributed by atoms with Gasteiger partial charge in [-0.25, -0.2) is 4.31 Å². The zero-order valence-corrected chi connectivity index (χ0v) is 11.9. The second-order valence-electron chi connectivity index (χ2n) is 5.43. The fourth-order valence-electron chi connectivity index (χ4n) is 1.86. The minimum absolute atomic E-state index is 0.220. The monoisotopic (exact) mass is 283 g/mol. The standard InChI is InChI=1S/C12H17N3O3S/c1-12(2,3)14-19(17,18)15-8-11(16)13-9-6-4-5-7-10(9)15/h4-7,14H,8H2,1-3H3,(H,13,16). The molecule has 1 aliphatic heterocycles. The number of nitrogens with zero attached hydrogens (tertiary/aromatic N) is 1. The van der Waals surface area contributed by atoms with Gasteiger partial charge in [0.05, 0.1) is 11.4 Å². The lowest BCUT2D eigenvalue weighted by atomic mass is 10.1. The molecule has 19 heavy (non-hydrogen) atoms. The summed E-state index contributed by atoms with van der Waals surface area (Å²) in [6.45, 7) is 5.03. The van der Waals surface area contributed by atoms with E-state index in [4.69, 9.17) is 0 Å². The molecule has 0 saturated heterocycles. The number of fused-ring (bicyclic) bond motifs is 1. The Morgan fingerprint density at radius 1 is 1.26 bits per heavy atom. The summed E-state index contributed by atoms with van der Waals surface area (Å²) in [4.78, 5) is 11.6. The Morgan fingerprint density at radius 3 is 2.53 bits per heavy atom. The molecule has 0 radical (unpaired) electrons. The predicted molar refractivity (Wildman–Crippen MR) is 74.2 cm³/mol. The van der Waals surface area contributed by atoms with Gasteiger partial charge in [-0.3, -0.25) is 4.79 Å². The van der Waals surface area contributed by atoms with E-state index in [1.807, 2.05) is 0 Å². The van der Waals surface area contributed by atoms with Crippen LogP contribution in [0.3, 0.4) is 0 Å². The lowest BCUT2D eigenvalue weighted by Gasteiger charge is -2.32. The zero-order valence-electron chi connectivity index (χ0n) is 11.1. The van der Waals surface area contributed by atoms with E-state index in [-0.39, 0.29) is 12.5 Å². The van der Waals surface area contributed by atoms with Crippen LogP contribution >= 0.6 is 0 Å². The lowest BCUT2D eigenvalue weighted by molar-refractivity contribution is -0.115. The Labute approximate surface area is 113 Å². The molecule has 0 fully saturated rings. The maximum absolute atomic E-state index is 12.3. The highest BCUT2D eigenvalue weighted by Crippen LogP contribution is 2.30. The Morgan fingerprint density at radius 2 is 1.89 bits per heavy atom. The lowest BCUT2D eigenvalue weighted by Crippen LogP contribution is -2.52. The number of benzene rings is 1. The molecule has 7 heteroatoms. The van der Waals surface area contributed by atoms with Crippen molar-refractivity contribution in [3.63, 3.8) is 0 Å². The second-order valence-corrected chi connectivity index (χ2v) is 7.02. The highest BCUT2D eigenvalue weighted by Gasteiger charge is 2.33. The first-order chi connectivity index (χ1) is 8.69. The van der Waals surface area contributed by atoms with Crippen LogP contribution in [0.5, 0.6) is 0 Å². The number of anilines is 2. The van der Waals surface area contributed by atoms with Crippen LogP contribution in [0.25, 0.3) is 0 Å². The minimum atomic E-state index is -3.76. The van der Waals surface area contributed by atoms with Crippen LogP contribution < -0.4 is 14.3 Å². The normalized spacial score (nSPS) is 15.9. The summed E-state index contributed by atoms with van der Waals surface area (Å²) >= 11 is 0. The van der Waals surface area contributed by atoms with Gasteiger partial charge in [-0.2, -0.15) is 13.1 Å². The number of carbonyl (C=O) groups excluding carboxylic acids is 1. The molecular formula is C12H17N3O3S. The van der Waals surface area contributed by atoms with Gasteiger partial charge in [0.2, 0.25) is 5.91 Å². The van der Waals surface area contributed by atoms with Gasteiger partial charge in [-0.1, -0.05) is 12.1 Å². The minimum Gasteiger partial charge on any atom is -0.323 e. The number of hydrogen-bond acceptors (Lipinski definition) is 3. The van der Waals surface area contributed by atoms with Crippen molar-refractivity contribution in [2.45, 2.75) is 26.3 Å². The van der Waals surface area contributed by atoms with E-state index < -0.39 is 15.7 Å². The van der Waals surface area contributed by atoms with E-state index in [1.54, 1.807) is 45.0 Å². The van der Waals surface area contributed by atoms with Gasteiger partial charge < -0.3 is 5.32 Å². The number of amides is 1. The average Bonchev–Trinajstić information content (AvgIpc) is 2.24. The van der Waals surface area contributed by atoms with Crippen LogP contribution in [0, 0.1) is 0 Å². The highest BCUT2D eigenvalue weighted by molar-refractivity contribution is 7.91. The van der Waals surface area contributed by atoms with Crippen LogP contribution in [-0.2, 0) is 15.0 Å². The third kappa shape index (κ3) is 3.05. The summed E-state index contributed by atoms with van der Waals surface area (Å²) in [6.07, 6.45) is 0. The Balaban J connectivity index is 2.43. The molecule has 0 saturated carbocycles. The quantitative estimate of drug-likeness (QED) is 0.852. The largest absolute Gasteiger partial charge is 0.323 e. The smallest absolute Gasteiger partial charge is 0.302 e. The molecule has 1 heterocycles. The highest BCUT2D eigenvalue weighted by atomic mass is 32.2. The third-order valence-corrected chi connectivity index (χ3v) is 4.24. The maximum Gasteiger partial charge on any atom is 0.302 e. The summed E-state index contributed by atoms with van der Waals surface area (Å²) in [7, 11) is -3.76. The van der Waals surface area contributed by atoms with Gasteiger partial charge in [0.1, 0.15) is 6.54 Å². The summed E-state index contributed by atoms with van der Waals surface area (Å²) < 4.78 is 28.3. The Hall–Kier alpha value is -1.60. The van der Waals surface area contributed by atoms with Crippen LogP contribution in [-0.4, -0.2) is 26.4 Å². The molecule has 1 aromatic carbocycles. The van der Waals surface area contributed by atoms with Crippen LogP contribution in [0.1, 0.15) is 20.8 Å². The molecule has 2 rings (SSSR count). The Bertz CT molecular complexity index is 605. The second kappa shape index (κ2) is 4.50. The van der Waals surface area contributed by atoms with Gasteiger partial charge in [-0.05, 0) is 32.9 Å². The van der Waals surface area contributed by atoms with E-state index in [0.717, 1.165) is 4.31 Å². The number of rotatable bonds is 2. The van der Waals surface area contributed by atoms with Gasteiger partial charge in [0, 0.05) is 5.54 Å². The van der Waals surface area contributed by atoms with Gasteiger partial charge >= 0.3 is 10.2 Å². The first kappa shape index (κ1) is 13.8. The molecule has 2 N–H and O–H groups in total. The Kier molecular flexibility index (Phi) is 3.27. The van der Waals surface area contributed by atoms with Crippen molar-refractivity contribution in [2.24, 2.45) is 0 Å². The molecule has 1 aliphatic rings. The molecule has 104 valence electrons. The molecule has 0 aromatic heterocycles. The van der Waals surface area contributed by atoms with Crippen LogP contribution in [0.4, 0.5) is 11.4 Å². The summed E-state index contributed by atoms with van der Waals surface area (Å²) in [6, 6.07) is 6.81. The van der Waals surface area contributed by atoms with Crippen LogP contribution in [0.2, 0.25) is 0 Å². The molecule has 6 nitrogen and oxygen atoms in total. The molecule has 1 amide bonds. The number of nitrogens with one attached hydrogen (secondary N) is 2. The van der Waals surface area contributed by atoms with E-state index in [1.165, 1.54) is 0 Å². The van der Waals surface area contributed by atoms with Crippen molar-refractivity contribution in [3.8, 4) is 0 Å². The topological polar surface area (TPSA) is 78.5 Å². The summed E-state index contributed by atoms with van der Waals surface area (Å²) in [5.41, 5.74) is 0.360. The molecular weight excluding hydrogens is 266 g/mol. The predicted octanol–water partition coefficient (Wildman–Crippen LogP) is 1.08. The molecule has 0 aliphatic carbocycles. The van der Waals surface area contributed by atoms with Crippen LogP contribution in [0.15, 0.2) is 24.3 Å². The molecule has 0 spiro atoms. The molecule has 1 aromatic rings. The number of carbonyl (C=O) groups is 1. The van der Waals surface area contributed by atoms with E-state index in [9.17, 15) is 13.2 Å². The fraction of sp³-hybridized carbons (Fsp3) is 0.417. The van der Waals surface area contributed by atoms with Gasteiger partial charge in [0.25, 0.3) is 0 Å². The van der Waals surface area contributed by atoms with Crippen molar-refractivity contribution >= 4 is 27.5 Å². The van der Waals surface area contributed by atoms with Crippen molar-refractivity contribution in [3.05, 3.63) is 24.3 Å². The van der Waals surface area contributed by atoms with Gasteiger partial charge in [0.15, 0.2) is 0 Å². The first-order valence-electron chi connectivity index (χ1n) is 5.89. The van der Waals surface area contributed by atoms with Crippen molar-refractivity contribution < 1.29 is 13.2 Å². The number of hydrogen-bond donors (Lipinski definition) is 2. The molecule has 0 bridgehead atoms. The van der Waals surface area contributed by atoms with E-state index in [0.29, 0.717) is 11.4 Å². The fourth-order valence-corrected chi connectivity index (χ4v) is 3.45. The maximum atomic E-state index is 12.3. The third-order valence-electron chi connectivity index (χ3n) is 2.46. The number of para-hydroxylation sites is 2. The molecule has 0 unspecified atom stereocenters. The first-order valence-corrected chi connectivity index (χ1v) is 7.33. The SMILES string of the molecule is CC(C)(C)NS(=O)(=O)N1CC(=O)Nc2ccccc21. The van der Waals surface area contributed by atoms with E-state index >= 15 is 0 Å². The summed E-state index contributed by atoms with van der Waals surface area (Å²) in [5, 5.41) is 2.65. The average molecular weight is 283 g/mol. The van der Waals surface area contributed by atoms with Crippen molar-refractivity contribution in [1.29, 1.82) is 0 Å². The zero-order chi connectivity index (χ0) is 14.3. The van der Waals surface area contributed by atoms with E-state index in [2.05, 4.69) is 10.0 Å².